The maximum atomic E-state index is 12.8. The van der Waals surface area contributed by atoms with Crippen LogP contribution in [0.25, 0.3) is 0 Å². The second kappa shape index (κ2) is 38.6. The van der Waals surface area contributed by atoms with Crippen molar-refractivity contribution in [3.63, 3.8) is 0 Å². The van der Waals surface area contributed by atoms with E-state index in [1.165, 1.54) is 77.0 Å². The van der Waals surface area contributed by atoms with Gasteiger partial charge in [0.1, 0.15) is 43.2 Å². The molecule has 0 bridgehead atoms. The Bertz CT molecular complexity index is 1370. The number of hydrogen-bond acceptors (Lipinski definition) is 13. The van der Waals surface area contributed by atoms with Gasteiger partial charge in [-0.15, -0.1) is 0 Å². The highest BCUT2D eigenvalue weighted by atomic mass is 31.2. The Hall–Kier alpha value is -2.49. The summed E-state index contributed by atoms with van der Waals surface area (Å²) in [5, 5.41) is 59.7. The molecule has 0 heterocycles. The molecule has 64 heavy (non-hydrogen) atoms. The van der Waals surface area contributed by atoms with Crippen molar-refractivity contribution in [3.05, 3.63) is 60.8 Å². The fraction of sp³-hybridized carbons (Fsp3) is 0.755. The van der Waals surface area contributed by atoms with Gasteiger partial charge in [-0.25, -0.2) is 4.57 Å². The van der Waals surface area contributed by atoms with Crippen LogP contribution in [0.4, 0.5) is 0 Å². The lowest BCUT2D eigenvalue weighted by molar-refractivity contribution is -0.220. The predicted octanol–water partition coefficient (Wildman–Crippen LogP) is 8.70. The largest absolute Gasteiger partial charge is 0.472 e. The Labute approximate surface area is 384 Å². The van der Waals surface area contributed by atoms with Crippen LogP contribution in [0, 0.1) is 0 Å². The zero-order valence-corrected chi connectivity index (χ0v) is 39.8. The first-order chi connectivity index (χ1) is 30.8. The van der Waals surface area contributed by atoms with Crippen molar-refractivity contribution in [2.24, 2.45) is 0 Å². The Morgan fingerprint density at radius 1 is 0.562 bits per heavy atom. The van der Waals surface area contributed by atoms with Crippen LogP contribution >= 0.6 is 7.82 Å². The summed E-state index contributed by atoms with van der Waals surface area (Å²) >= 11 is 0. The van der Waals surface area contributed by atoms with Gasteiger partial charge in [0, 0.05) is 12.8 Å². The number of hydrogen-bond donors (Lipinski definition) is 7. The van der Waals surface area contributed by atoms with E-state index in [0.29, 0.717) is 25.7 Å². The molecule has 370 valence electrons. The van der Waals surface area contributed by atoms with Crippen LogP contribution in [0.2, 0.25) is 0 Å². The van der Waals surface area contributed by atoms with E-state index in [-0.39, 0.29) is 12.8 Å². The number of esters is 2. The van der Waals surface area contributed by atoms with Crippen molar-refractivity contribution in [1.29, 1.82) is 0 Å². The summed E-state index contributed by atoms with van der Waals surface area (Å²) < 4.78 is 33.5. The number of aliphatic hydroxyl groups excluding tert-OH is 6. The normalized spacial score (nSPS) is 22.6. The molecule has 1 aliphatic rings. The summed E-state index contributed by atoms with van der Waals surface area (Å²) in [5.74, 6) is -1.19. The van der Waals surface area contributed by atoms with Crippen molar-refractivity contribution in [1.82, 2.24) is 0 Å². The van der Waals surface area contributed by atoms with Gasteiger partial charge >= 0.3 is 19.8 Å². The number of aliphatic hydroxyl groups is 6. The molecule has 0 aromatic carbocycles. The van der Waals surface area contributed by atoms with Crippen molar-refractivity contribution in [2.45, 2.75) is 223 Å². The molecule has 0 aliphatic heterocycles. The van der Waals surface area contributed by atoms with Gasteiger partial charge in [-0.3, -0.25) is 18.6 Å². The summed E-state index contributed by atoms with van der Waals surface area (Å²) in [5.41, 5.74) is 0. The molecule has 7 N–H and O–H groups in total. The quantitative estimate of drug-likeness (QED) is 0.0101. The third kappa shape index (κ3) is 30.7. The number of rotatable bonds is 39. The molecule has 0 saturated heterocycles. The molecule has 0 aromatic rings. The fourth-order valence-electron chi connectivity index (χ4n) is 6.98. The van der Waals surface area contributed by atoms with E-state index < -0.39 is 81.8 Å². The predicted molar refractivity (Wildman–Crippen MR) is 250 cm³/mol. The first-order valence-corrected chi connectivity index (χ1v) is 25.7. The molecule has 0 spiro atoms. The van der Waals surface area contributed by atoms with Crippen LogP contribution in [0.5, 0.6) is 0 Å². The highest BCUT2D eigenvalue weighted by Crippen LogP contribution is 2.47. The summed E-state index contributed by atoms with van der Waals surface area (Å²) in [6.07, 6.45) is 30.8. The zero-order valence-electron chi connectivity index (χ0n) is 38.9. The Kier molecular flexibility index (Phi) is 35.9. The van der Waals surface area contributed by atoms with E-state index in [1.54, 1.807) is 6.08 Å². The van der Waals surface area contributed by atoms with Crippen LogP contribution in [0.15, 0.2) is 60.8 Å². The van der Waals surface area contributed by atoms with Gasteiger partial charge in [0.25, 0.3) is 0 Å². The van der Waals surface area contributed by atoms with Gasteiger partial charge in [-0.1, -0.05) is 177 Å². The van der Waals surface area contributed by atoms with Crippen LogP contribution in [-0.2, 0) is 32.7 Å². The second-order valence-corrected chi connectivity index (χ2v) is 18.2. The first-order valence-electron chi connectivity index (χ1n) is 24.2. The molecular weight excluding hydrogens is 843 g/mol. The molecule has 0 radical (unpaired) electrons. The van der Waals surface area contributed by atoms with Gasteiger partial charge in [-0.05, 0) is 44.9 Å². The van der Waals surface area contributed by atoms with Crippen molar-refractivity contribution in [3.8, 4) is 0 Å². The number of phosphoric ester groups is 1. The van der Waals surface area contributed by atoms with Gasteiger partial charge < -0.3 is 45.0 Å². The van der Waals surface area contributed by atoms with E-state index >= 15 is 0 Å². The maximum Gasteiger partial charge on any atom is 0.472 e. The topological polar surface area (TPSA) is 230 Å². The van der Waals surface area contributed by atoms with Crippen LogP contribution in [0.1, 0.15) is 174 Å². The molecule has 0 aromatic heterocycles. The molecule has 1 rings (SSSR count). The second-order valence-electron chi connectivity index (χ2n) is 16.8. The summed E-state index contributed by atoms with van der Waals surface area (Å²) in [6.45, 7) is 2.93. The molecule has 1 saturated carbocycles. The number of unbranched alkanes of at least 4 members (excludes halogenated alkanes) is 17. The molecule has 3 unspecified atom stereocenters. The van der Waals surface area contributed by atoms with E-state index in [0.717, 1.165) is 44.9 Å². The Morgan fingerprint density at radius 3 is 1.53 bits per heavy atom. The monoisotopic (exact) mass is 929 g/mol. The highest BCUT2D eigenvalue weighted by Gasteiger charge is 2.51. The zero-order chi connectivity index (χ0) is 47.3. The van der Waals surface area contributed by atoms with Gasteiger partial charge in [0.05, 0.1) is 12.7 Å². The fourth-order valence-corrected chi connectivity index (χ4v) is 7.95. The van der Waals surface area contributed by atoms with E-state index in [9.17, 15) is 49.7 Å². The smallest absolute Gasteiger partial charge is 0.462 e. The lowest BCUT2D eigenvalue weighted by atomic mass is 9.85. The first kappa shape index (κ1) is 59.5. The highest BCUT2D eigenvalue weighted by molar-refractivity contribution is 7.47. The van der Waals surface area contributed by atoms with Gasteiger partial charge in [0.15, 0.2) is 6.10 Å². The van der Waals surface area contributed by atoms with Crippen molar-refractivity contribution < 1.29 is 68.2 Å². The standard InChI is InChI=1S/C49H85O14P/c1-3-5-6-7-8-9-10-11-12-13-14-19-22-25-28-31-34-37-43(52)62-41(39-61-64(58,59)63-49-47(56)45(54)44(53)46(55)48(49)57)38-60-42(51)36-33-30-27-24-21-18-16-15-17-20-23-26-29-32-35-40(50)4-2/h16-18,20,24,26-27,29,32,35,40-41,44-50,53-57H,3-15,19,21-23,25,28,30-31,33-34,36-39H2,1-2H3,(H,58,59)/b18-16-,20-17-,27-24-,29-26-,35-32+/t40-,41+,44?,45-,46+,47+,48+,49?/m0/s1. The minimum atomic E-state index is -5.14. The SMILES string of the molecule is CCCCCCCCCCCCCCCCCCCC(=O)O[C@H](COC(=O)CCC/C=C\C/C=C\C/C=C\C/C=C\C=C\[C@@H](O)CC)COP(=O)(O)OC1[C@H](O)[C@H](O)C(O)[C@H](O)[C@H]1O. The average molecular weight is 929 g/mol. The molecule has 1 fully saturated rings. The number of carbonyl (C=O) groups is 2. The number of phosphoric acid groups is 1. The van der Waals surface area contributed by atoms with E-state index in [4.69, 9.17) is 18.5 Å². The lowest BCUT2D eigenvalue weighted by Gasteiger charge is -2.41. The van der Waals surface area contributed by atoms with E-state index in [2.05, 4.69) is 31.2 Å². The summed E-state index contributed by atoms with van der Waals surface area (Å²) in [4.78, 5) is 35.7. The van der Waals surface area contributed by atoms with Crippen molar-refractivity contribution >= 4 is 19.8 Å². The molecule has 9 atom stereocenters. The van der Waals surface area contributed by atoms with Gasteiger partial charge in [-0.2, -0.15) is 0 Å². The van der Waals surface area contributed by atoms with Crippen molar-refractivity contribution in [2.75, 3.05) is 13.2 Å². The number of carbonyl (C=O) groups excluding carboxylic acids is 2. The molecular formula is C49H85O14P. The molecule has 14 nitrogen and oxygen atoms in total. The molecule has 15 heteroatoms. The lowest BCUT2D eigenvalue weighted by Crippen LogP contribution is -2.64. The third-order valence-corrected chi connectivity index (χ3v) is 12.0. The summed E-state index contributed by atoms with van der Waals surface area (Å²) in [6, 6.07) is 0. The molecule has 0 amide bonds. The van der Waals surface area contributed by atoms with Crippen LogP contribution < -0.4 is 0 Å². The minimum absolute atomic E-state index is 0.0741. The number of allylic oxidation sites excluding steroid dienone is 9. The van der Waals surface area contributed by atoms with Gasteiger partial charge in [0.2, 0.25) is 0 Å². The minimum Gasteiger partial charge on any atom is -0.462 e. The Balaban J connectivity index is 2.48. The maximum absolute atomic E-state index is 12.8. The average Bonchev–Trinajstić information content (AvgIpc) is 3.28. The summed E-state index contributed by atoms with van der Waals surface area (Å²) in [7, 11) is -5.14. The van der Waals surface area contributed by atoms with Crippen LogP contribution in [0.3, 0.4) is 0 Å². The number of ether oxygens (including phenoxy) is 2. The Morgan fingerprint density at radius 2 is 1.02 bits per heavy atom. The molecule has 1 aliphatic carbocycles. The third-order valence-electron chi connectivity index (χ3n) is 11.0. The van der Waals surface area contributed by atoms with Crippen LogP contribution in [-0.4, -0.2) is 110 Å². The van der Waals surface area contributed by atoms with E-state index in [1.807, 2.05) is 37.3 Å².